The summed E-state index contributed by atoms with van der Waals surface area (Å²) in [7, 11) is 3.90. The average Bonchev–Trinajstić information content (AvgIpc) is 2.85. The van der Waals surface area contributed by atoms with Gasteiger partial charge < -0.3 is 14.7 Å². The molecule has 3 aliphatic rings. The van der Waals surface area contributed by atoms with E-state index in [4.69, 9.17) is 4.74 Å². The van der Waals surface area contributed by atoms with Crippen molar-refractivity contribution in [2.45, 2.75) is 58.1 Å². The summed E-state index contributed by atoms with van der Waals surface area (Å²) in [4.78, 5) is 2.36. The van der Waals surface area contributed by atoms with Gasteiger partial charge in [0.25, 0.3) is 0 Å². The minimum absolute atomic E-state index is 0.0200. The molecule has 24 heavy (non-hydrogen) atoms. The maximum atomic E-state index is 12.1. The van der Waals surface area contributed by atoms with Crippen molar-refractivity contribution in [2.75, 3.05) is 20.7 Å². The van der Waals surface area contributed by atoms with Crippen molar-refractivity contribution >= 4 is 0 Å². The van der Waals surface area contributed by atoms with Crippen molar-refractivity contribution in [3.05, 3.63) is 29.3 Å². The highest BCUT2D eigenvalue weighted by Gasteiger charge is 2.70. The number of rotatable bonds is 2. The molecule has 0 amide bonds. The van der Waals surface area contributed by atoms with Gasteiger partial charge in [0.2, 0.25) is 0 Å². The van der Waals surface area contributed by atoms with E-state index in [0.29, 0.717) is 5.92 Å². The summed E-state index contributed by atoms with van der Waals surface area (Å²) in [6, 6.07) is 6.40. The molecular weight excluding hydrogens is 298 g/mol. The molecule has 3 heteroatoms. The number of methoxy groups -OCH3 is 1. The lowest BCUT2D eigenvalue weighted by Gasteiger charge is -2.52. The van der Waals surface area contributed by atoms with E-state index >= 15 is 0 Å². The predicted octanol–water partition coefficient (Wildman–Crippen LogP) is 3.80. The summed E-state index contributed by atoms with van der Waals surface area (Å²) < 4.78 is 5.48. The second kappa shape index (κ2) is 4.98. The fourth-order valence-corrected chi connectivity index (χ4v) is 6.20. The van der Waals surface area contributed by atoms with Gasteiger partial charge in [-0.3, -0.25) is 0 Å². The minimum Gasteiger partial charge on any atom is -0.497 e. The lowest BCUT2D eigenvalue weighted by molar-refractivity contribution is -0.115. The number of benzene rings is 1. The van der Waals surface area contributed by atoms with Gasteiger partial charge in [-0.15, -0.1) is 0 Å². The lowest BCUT2D eigenvalue weighted by atomic mass is 9.58. The molecule has 0 spiro atoms. The van der Waals surface area contributed by atoms with Gasteiger partial charge in [0, 0.05) is 24.4 Å². The number of fused-ring (bicyclic) bond motifs is 3. The van der Waals surface area contributed by atoms with E-state index in [1.807, 2.05) is 6.07 Å². The first kappa shape index (κ1) is 16.4. The zero-order chi connectivity index (χ0) is 17.3. The standard InChI is InChI=1S/C21H31NO2/c1-19(2)15-8-9-20(19,3)21(23,11-15)18-13-22(4)12-14-6-7-16(24-5)10-17(14)18/h6-7,10,15,18,23H,8-9,11-13H2,1-5H3. The van der Waals surface area contributed by atoms with Crippen LogP contribution in [0.1, 0.15) is 57.1 Å². The molecule has 4 atom stereocenters. The van der Waals surface area contributed by atoms with E-state index < -0.39 is 5.60 Å². The summed E-state index contributed by atoms with van der Waals surface area (Å²) in [6.45, 7) is 8.97. The molecule has 1 aromatic carbocycles. The molecule has 1 aromatic rings. The zero-order valence-electron chi connectivity index (χ0n) is 15.7. The summed E-state index contributed by atoms with van der Waals surface area (Å²) in [5.74, 6) is 1.70. The van der Waals surface area contributed by atoms with Gasteiger partial charge in [-0.2, -0.15) is 0 Å². The van der Waals surface area contributed by atoms with Gasteiger partial charge in [-0.1, -0.05) is 26.8 Å². The first-order chi connectivity index (χ1) is 11.2. The second-order valence-corrected chi connectivity index (χ2v) is 9.23. The molecule has 1 N–H and O–H groups in total. The molecule has 0 radical (unpaired) electrons. The number of aliphatic hydroxyl groups is 1. The Kier molecular flexibility index (Phi) is 3.41. The van der Waals surface area contributed by atoms with Gasteiger partial charge in [0.05, 0.1) is 12.7 Å². The predicted molar refractivity (Wildman–Crippen MR) is 96.2 cm³/mol. The Labute approximate surface area is 146 Å². The fraction of sp³-hybridized carbons (Fsp3) is 0.714. The third-order valence-corrected chi connectivity index (χ3v) is 8.19. The molecule has 0 aromatic heterocycles. The molecule has 2 aliphatic carbocycles. The molecular formula is C21H31NO2. The Morgan fingerprint density at radius 1 is 1.25 bits per heavy atom. The molecule has 1 heterocycles. The van der Waals surface area contributed by atoms with Crippen LogP contribution in [0, 0.1) is 16.7 Å². The van der Waals surface area contributed by atoms with Crippen LogP contribution in [-0.2, 0) is 6.54 Å². The molecule has 132 valence electrons. The topological polar surface area (TPSA) is 32.7 Å². The monoisotopic (exact) mass is 329 g/mol. The van der Waals surface area contributed by atoms with E-state index in [1.165, 1.54) is 17.5 Å². The number of hydrogen-bond donors (Lipinski definition) is 1. The first-order valence-electron chi connectivity index (χ1n) is 9.31. The van der Waals surface area contributed by atoms with Crippen LogP contribution in [-0.4, -0.2) is 36.3 Å². The van der Waals surface area contributed by atoms with E-state index in [-0.39, 0.29) is 16.7 Å². The molecule has 1 aliphatic heterocycles. The van der Waals surface area contributed by atoms with Crippen LogP contribution in [0.5, 0.6) is 5.75 Å². The largest absolute Gasteiger partial charge is 0.497 e. The normalized spacial score (nSPS) is 40.6. The van der Waals surface area contributed by atoms with Gasteiger partial charge in [0.1, 0.15) is 5.75 Å². The molecule has 4 rings (SSSR count). The highest BCUT2D eigenvalue weighted by atomic mass is 16.5. The summed E-state index contributed by atoms with van der Waals surface area (Å²) in [5.41, 5.74) is 2.20. The Balaban J connectivity index is 1.83. The van der Waals surface area contributed by atoms with Crippen molar-refractivity contribution in [2.24, 2.45) is 16.7 Å². The van der Waals surface area contributed by atoms with Crippen LogP contribution >= 0.6 is 0 Å². The van der Waals surface area contributed by atoms with Crippen molar-refractivity contribution < 1.29 is 9.84 Å². The van der Waals surface area contributed by atoms with Crippen LogP contribution in [0.25, 0.3) is 0 Å². The fourth-order valence-electron chi connectivity index (χ4n) is 6.20. The quantitative estimate of drug-likeness (QED) is 0.896. The van der Waals surface area contributed by atoms with Crippen molar-refractivity contribution in [1.82, 2.24) is 4.90 Å². The molecule has 2 fully saturated rings. The van der Waals surface area contributed by atoms with Crippen LogP contribution in [0.3, 0.4) is 0 Å². The number of nitrogens with zero attached hydrogens (tertiary/aromatic N) is 1. The lowest BCUT2D eigenvalue weighted by Crippen LogP contribution is -2.54. The molecule has 2 saturated carbocycles. The number of ether oxygens (including phenoxy) is 1. The summed E-state index contributed by atoms with van der Waals surface area (Å²) in [6.07, 6.45) is 3.34. The second-order valence-electron chi connectivity index (χ2n) is 9.23. The number of likely N-dealkylation sites (N-methyl/N-ethyl adjacent to an activating group) is 1. The summed E-state index contributed by atoms with van der Waals surface area (Å²) >= 11 is 0. The van der Waals surface area contributed by atoms with E-state index in [1.54, 1.807) is 7.11 Å². The van der Waals surface area contributed by atoms with Crippen molar-refractivity contribution in [3.8, 4) is 5.75 Å². The van der Waals surface area contributed by atoms with Crippen LogP contribution in [0.2, 0.25) is 0 Å². The van der Waals surface area contributed by atoms with E-state index in [9.17, 15) is 5.11 Å². The van der Waals surface area contributed by atoms with Gasteiger partial charge in [-0.05, 0) is 60.9 Å². The first-order valence-corrected chi connectivity index (χ1v) is 9.31. The molecule has 2 bridgehead atoms. The van der Waals surface area contributed by atoms with Crippen molar-refractivity contribution in [3.63, 3.8) is 0 Å². The average molecular weight is 329 g/mol. The maximum absolute atomic E-state index is 12.1. The zero-order valence-corrected chi connectivity index (χ0v) is 15.7. The van der Waals surface area contributed by atoms with Gasteiger partial charge in [0.15, 0.2) is 0 Å². The molecule has 0 saturated heterocycles. The highest BCUT2D eigenvalue weighted by Crippen LogP contribution is 2.72. The van der Waals surface area contributed by atoms with Crippen molar-refractivity contribution in [1.29, 1.82) is 0 Å². The third kappa shape index (κ3) is 1.86. The highest BCUT2D eigenvalue weighted by molar-refractivity contribution is 5.43. The smallest absolute Gasteiger partial charge is 0.119 e. The van der Waals surface area contributed by atoms with Crippen LogP contribution in [0.4, 0.5) is 0 Å². The SMILES string of the molecule is COc1ccc2c(c1)C(C1(O)CC3CCC1(C)C3(C)C)CN(C)C2. The molecule has 4 unspecified atom stereocenters. The maximum Gasteiger partial charge on any atom is 0.119 e. The Hall–Kier alpha value is -1.06. The minimum atomic E-state index is -0.630. The summed E-state index contributed by atoms with van der Waals surface area (Å²) in [5, 5.41) is 12.1. The van der Waals surface area contributed by atoms with Crippen LogP contribution < -0.4 is 4.74 Å². The Morgan fingerprint density at radius 2 is 2.00 bits per heavy atom. The Morgan fingerprint density at radius 3 is 2.58 bits per heavy atom. The van der Waals surface area contributed by atoms with Crippen LogP contribution in [0.15, 0.2) is 18.2 Å². The van der Waals surface area contributed by atoms with E-state index in [0.717, 1.165) is 31.7 Å². The van der Waals surface area contributed by atoms with E-state index in [2.05, 4.69) is 44.9 Å². The number of hydrogen-bond acceptors (Lipinski definition) is 3. The Bertz CT molecular complexity index is 670. The van der Waals surface area contributed by atoms with Gasteiger partial charge >= 0.3 is 0 Å². The van der Waals surface area contributed by atoms with Gasteiger partial charge in [-0.25, -0.2) is 0 Å². The molecule has 3 nitrogen and oxygen atoms in total. The third-order valence-electron chi connectivity index (χ3n) is 8.19.